The van der Waals surface area contributed by atoms with E-state index in [-0.39, 0.29) is 17.2 Å². The summed E-state index contributed by atoms with van der Waals surface area (Å²) in [6.45, 7) is 1.08. The van der Waals surface area contributed by atoms with E-state index in [0.717, 1.165) is 0 Å². The van der Waals surface area contributed by atoms with Gasteiger partial charge in [0.15, 0.2) is 0 Å². The van der Waals surface area contributed by atoms with Gasteiger partial charge in [-0.15, -0.1) is 12.6 Å². The third-order valence-electron chi connectivity index (χ3n) is 2.54. The molecule has 0 saturated heterocycles. The number of methoxy groups -OCH3 is 1. The maximum atomic E-state index is 13.1. The van der Waals surface area contributed by atoms with E-state index in [1.54, 1.807) is 0 Å². The van der Waals surface area contributed by atoms with Crippen LogP contribution in [0.5, 0.6) is 0 Å². The number of nitriles is 1. The first-order chi connectivity index (χ1) is 9.10. The van der Waals surface area contributed by atoms with Gasteiger partial charge < -0.3 is 9.64 Å². The zero-order valence-electron chi connectivity index (χ0n) is 10.6. The highest BCUT2D eigenvalue weighted by Gasteiger charge is 2.16. The summed E-state index contributed by atoms with van der Waals surface area (Å²) in [5.74, 6) is -0.733. The minimum absolute atomic E-state index is 0.123. The fourth-order valence-electron chi connectivity index (χ4n) is 1.53. The van der Waals surface area contributed by atoms with Crippen molar-refractivity contribution in [3.8, 4) is 6.07 Å². The lowest BCUT2D eigenvalue weighted by atomic mass is 10.2. The van der Waals surface area contributed by atoms with E-state index in [0.29, 0.717) is 25.3 Å². The maximum absolute atomic E-state index is 13.1. The molecule has 0 aliphatic carbocycles. The fourth-order valence-corrected chi connectivity index (χ4v) is 1.74. The minimum Gasteiger partial charge on any atom is -0.383 e. The van der Waals surface area contributed by atoms with Gasteiger partial charge in [-0.3, -0.25) is 4.79 Å². The lowest BCUT2D eigenvalue weighted by molar-refractivity contribution is 0.0699. The summed E-state index contributed by atoms with van der Waals surface area (Å²) in [4.78, 5) is 13.9. The largest absolute Gasteiger partial charge is 0.383 e. The van der Waals surface area contributed by atoms with Gasteiger partial charge in [0.1, 0.15) is 5.82 Å². The molecule has 6 heteroatoms. The predicted molar refractivity (Wildman–Crippen MR) is 71.7 cm³/mol. The van der Waals surface area contributed by atoms with Gasteiger partial charge >= 0.3 is 0 Å². The summed E-state index contributed by atoms with van der Waals surface area (Å²) in [5, 5.41) is 8.59. The van der Waals surface area contributed by atoms with E-state index in [1.807, 2.05) is 6.07 Å². The molecule has 0 radical (unpaired) electrons. The van der Waals surface area contributed by atoms with Gasteiger partial charge in [0, 0.05) is 30.7 Å². The first kappa shape index (κ1) is 15.5. The van der Waals surface area contributed by atoms with Gasteiger partial charge in [-0.05, 0) is 18.2 Å². The Balaban J connectivity index is 2.84. The van der Waals surface area contributed by atoms with Crippen molar-refractivity contribution in [2.24, 2.45) is 0 Å². The fraction of sp³-hybridized carbons (Fsp3) is 0.385. The minimum atomic E-state index is -0.472. The molecule has 19 heavy (non-hydrogen) atoms. The molecule has 0 N–H and O–H groups in total. The van der Waals surface area contributed by atoms with Crippen molar-refractivity contribution in [3.05, 3.63) is 29.6 Å². The van der Waals surface area contributed by atoms with Crippen LogP contribution in [0, 0.1) is 17.1 Å². The zero-order chi connectivity index (χ0) is 14.3. The number of carbonyl (C=O) groups is 1. The molecule has 4 nitrogen and oxygen atoms in total. The molecule has 1 rings (SSSR count). The number of carbonyl (C=O) groups excluding carboxylic acids is 1. The second-order valence-electron chi connectivity index (χ2n) is 3.86. The smallest absolute Gasteiger partial charge is 0.254 e. The third kappa shape index (κ3) is 4.54. The van der Waals surface area contributed by atoms with E-state index in [1.165, 1.54) is 30.2 Å². The van der Waals surface area contributed by atoms with Crippen LogP contribution in [0.15, 0.2) is 23.1 Å². The number of thiol groups is 1. The summed E-state index contributed by atoms with van der Waals surface area (Å²) in [7, 11) is 1.54. The monoisotopic (exact) mass is 282 g/mol. The number of nitrogens with zero attached hydrogens (tertiary/aromatic N) is 2. The Morgan fingerprint density at radius 2 is 2.26 bits per heavy atom. The lowest BCUT2D eigenvalue weighted by Crippen LogP contribution is -2.34. The first-order valence-corrected chi connectivity index (χ1v) is 6.18. The molecule has 1 aromatic carbocycles. The van der Waals surface area contributed by atoms with E-state index in [2.05, 4.69) is 12.6 Å². The molecule has 1 aromatic rings. The predicted octanol–water partition coefficient (Wildman–Crippen LogP) is 2.12. The molecule has 0 aromatic heterocycles. The van der Waals surface area contributed by atoms with Gasteiger partial charge in [-0.25, -0.2) is 4.39 Å². The van der Waals surface area contributed by atoms with Crippen molar-refractivity contribution in [1.29, 1.82) is 5.26 Å². The van der Waals surface area contributed by atoms with Crippen LogP contribution in [0.1, 0.15) is 16.8 Å². The molecule has 1 amide bonds. The summed E-state index contributed by atoms with van der Waals surface area (Å²) in [6.07, 6.45) is 0.240. The second kappa shape index (κ2) is 7.77. The average Bonchev–Trinajstić information content (AvgIpc) is 2.41. The molecule has 0 aliphatic heterocycles. The highest BCUT2D eigenvalue weighted by atomic mass is 32.1. The topological polar surface area (TPSA) is 53.3 Å². The van der Waals surface area contributed by atoms with Gasteiger partial charge in [0.2, 0.25) is 0 Å². The molecule has 0 unspecified atom stereocenters. The Labute approximate surface area is 117 Å². The number of rotatable bonds is 6. The second-order valence-corrected chi connectivity index (χ2v) is 4.34. The Kier molecular flexibility index (Phi) is 6.33. The summed E-state index contributed by atoms with van der Waals surface area (Å²) >= 11 is 3.95. The molecular weight excluding hydrogens is 267 g/mol. The standard InChI is InChI=1S/C13H15FN2O2S/c1-18-8-7-16(6-2-5-15)13(17)10-3-4-11(14)12(19)9-10/h3-4,9,19H,2,6-8H2,1H3. The highest BCUT2D eigenvalue weighted by Crippen LogP contribution is 2.15. The summed E-state index contributed by atoms with van der Waals surface area (Å²) in [5.41, 5.74) is 0.348. The highest BCUT2D eigenvalue weighted by molar-refractivity contribution is 7.80. The van der Waals surface area contributed by atoms with Crippen LogP contribution in [0.25, 0.3) is 0 Å². The SMILES string of the molecule is COCCN(CCC#N)C(=O)c1ccc(F)c(S)c1. The Bertz CT molecular complexity index is 488. The number of hydrogen-bond acceptors (Lipinski definition) is 4. The molecule has 0 bridgehead atoms. The van der Waals surface area contributed by atoms with Crippen LogP contribution in [-0.4, -0.2) is 37.6 Å². The quantitative estimate of drug-likeness (QED) is 0.813. The van der Waals surface area contributed by atoms with Crippen molar-refractivity contribution < 1.29 is 13.9 Å². The van der Waals surface area contributed by atoms with Gasteiger partial charge in [0.05, 0.1) is 19.1 Å². The van der Waals surface area contributed by atoms with E-state index < -0.39 is 5.82 Å². The Morgan fingerprint density at radius 1 is 1.53 bits per heavy atom. The zero-order valence-corrected chi connectivity index (χ0v) is 11.5. The maximum Gasteiger partial charge on any atom is 0.254 e. The van der Waals surface area contributed by atoms with E-state index in [9.17, 15) is 9.18 Å². The van der Waals surface area contributed by atoms with Crippen LogP contribution in [0.4, 0.5) is 4.39 Å². The van der Waals surface area contributed by atoms with Crippen LogP contribution < -0.4 is 0 Å². The molecule has 0 fully saturated rings. The molecule has 0 aliphatic rings. The molecule has 0 atom stereocenters. The van der Waals surface area contributed by atoms with Crippen LogP contribution in [-0.2, 0) is 4.74 Å². The number of benzene rings is 1. The lowest BCUT2D eigenvalue weighted by Gasteiger charge is -2.21. The van der Waals surface area contributed by atoms with Crippen molar-refractivity contribution in [3.63, 3.8) is 0 Å². The van der Waals surface area contributed by atoms with Gasteiger partial charge in [0.25, 0.3) is 5.91 Å². The van der Waals surface area contributed by atoms with E-state index in [4.69, 9.17) is 10.00 Å². The molecule has 0 saturated carbocycles. The van der Waals surface area contributed by atoms with E-state index >= 15 is 0 Å². The van der Waals surface area contributed by atoms with Gasteiger partial charge in [-0.1, -0.05) is 0 Å². The molecular formula is C13H15FN2O2S. The van der Waals surface area contributed by atoms with Gasteiger partial charge in [-0.2, -0.15) is 5.26 Å². The van der Waals surface area contributed by atoms with Crippen LogP contribution >= 0.6 is 12.6 Å². The van der Waals surface area contributed by atoms with Crippen LogP contribution in [0.3, 0.4) is 0 Å². The Morgan fingerprint density at radius 3 is 2.84 bits per heavy atom. The van der Waals surface area contributed by atoms with Crippen LogP contribution in [0.2, 0.25) is 0 Å². The summed E-state index contributed by atoms with van der Waals surface area (Å²) in [6, 6.07) is 5.98. The van der Waals surface area contributed by atoms with Crippen molar-refractivity contribution >= 4 is 18.5 Å². The van der Waals surface area contributed by atoms with Crippen molar-refractivity contribution in [2.75, 3.05) is 26.8 Å². The van der Waals surface area contributed by atoms with Crippen molar-refractivity contribution in [2.45, 2.75) is 11.3 Å². The summed E-state index contributed by atoms with van der Waals surface area (Å²) < 4.78 is 18.0. The van der Waals surface area contributed by atoms with Crippen molar-refractivity contribution in [1.82, 2.24) is 4.90 Å². The molecule has 102 valence electrons. The number of halogens is 1. The third-order valence-corrected chi connectivity index (χ3v) is 2.88. The average molecular weight is 282 g/mol. The Hall–Kier alpha value is -1.58. The number of hydrogen-bond donors (Lipinski definition) is 1. The molecule has 0 heterocycles. The normalized spacial score (nSPS) is 10.0. The number of amides is 1. The molecule has 0 spiro atoms. The number of ether oxygens (including phenoxy) is 1. The first-order valence-electron chi connectivity index (χ1n) is 5.73.